The summed E-state index contributed by atoms with van der Waals surface area (Å²) in [5.41, 5.74) is 1.37. The molecule has 0 unspecified atom stereocenters. The maximum absolute atomic E-state index is 15.1. The largest absolute Gasteiger partial charge is 0.381 e. The Morgan fingerprint density at radius 3 is 2.58 bits per heavy atom. The van der Waals surface area contributed by atoms with E-state index >= 15 is 4.39 Å². The Hall–Kier alpha value is -1.00. The van der Waals surface area contributed by atoms with Gasteiger partial charge in [0.25, 0.3) is 0 Å². The average Bonchev–Trinajstić information content (AvgIpc) is 2.38. The lowest BCUT2D eigenvalue weighted by Gasteiger charge is -2.31. The Kier molecular flexibility index (Phi) is 4.53. The molecule has 0 aromatic carbocycles. The van der Waals surface area contributed by atoms with Gasteiger partial charge < -0.3 is 9.64 Å². The van der Waals surface area contributed by atoms with Crippen LogP contribution in [0.25, 0.3) is 0 Å². The molecule has 0 saturated carbocycles. The van der Waals surface area contributed by atoms with Crippen LogP contribution in [0.1, 0.15) is 36.7 Å². The lowest BCUT2D eigenvalue weighted by Crippen LogP contribution is -2.31. The highest BCUT2D eigenvalue weighted by Gasteiger charge is 2.36. The molecule has 0 amide bonds. The van der Waals surface area contributed by atoms with Crippen LogP contribution in [-0.4, -0.2) is 37.2 Å². The monoisotopic (exact) mass is 266 g/mol. The summed E-state index contributed by atoms with van der Waals surface area (Å²) in [6.07, 6.45) is 1.74. The van der Waals surface area contributed by atoms with Gasteiger partial charge in [-0.15, -0.1) is 0 Å². The zero-order chi connectivity index (χ0) is 13.9. The van der Waals surface area contributed by atoms with Gasteiger partial charge in [-0.05, 0) is 26.6 Å². The predicted octanol–water partition coefficient (Wildman–Crippen LogP) is 2.68. The van der Waals surface area contributed by atoms with Crippen LogP contribution in [0.2, 0.25) is 0 Å². The number of aromatic nitrogens is 1. The second kappa shape index (κ2) is 5.97. The summed E-state index contributed by atoms with van der Waals surface area (Å²) >= 11 is 0. The SMILES string of the molecule is CCc1ccc(C2(F)CCOCC2)c(CN(C)C)n1. The van der Waals surface area contributed by atoms with E-state index in [-0.39, 0.29) is 0 Å². The first-order chi connectivity index (χ1) is 9.05. The molecule has 1 aliphatic rings. The molecular weight excluding hydrogens is 243 g/mol. The van der Waals surface area contributed by atoms with E-state index in [1.54, 1.807) is 0 Å². The van der Waals surface area contributed by atoms with Crippen LogP contribution in [0.15, 0.2) is 12.1 Å². The van der Waals surface area contributed by atoms with Crippen LogP contribution >= 0.6 is 0 Å². The number of halogens is 1. The molecule has 0 aliphatic carbocycles. The third-order valence-electron chi connectivity index (χ3n) is 3.63. The molecule has 1 saturated heterocycles. The van der Waals surface area contributed by atoms with E-state index in [4.69, 9.17) is 4.74 Å². The number of rotatable bonds is 4. The smallest absolute Gasteiger partial charge is 0.142 e. The minimum absolute atomic E-state index is 0.431. The Bertz CT molecular complexity index is 428. The maximum atomic E-state index is 15.1. The van der Waals surface area contributed by atoms with Crippen molar-refractivity contribution in [2.45, 2.75) is 38.4 Å². The normalized spacial score (nSPS) is 18.8. The first kappa shape index (κ1) is 14.4. The summed E-state index contributed by atoms with van der Waals surface area (Å²) in [6, 6.07) is 3.88. The Morgan fingerprint density at radius 2 is 2.00 bits per heavy atom. The molecule has 1 fully saturated rings. The second-order valence-electron chi connectivity index (χ2n) is 5.47. The van der Waals surface area contributed by atoms with Crippen LogP contribution in [-0.2, 0) is 23.4 Å². The number of alkyl halides is 1. The fourth-order valence-corrected chi connectivity index (χ4v) is 2.54. The fourth-order valence-electron chi connectivity index (χ4n) is 2.54. The lowest BCUT2D eigenvalue weighted by molar-refractivity contribution is -0.0124. The zero-order valence-corrected chi connectivity index (χ0v) is 12.1. The van der Waals surface area contributed by atoms with Crippen molar-refractivity contribution in [2.24, 2.45) is 0 Å². The molecule has 3 nitrogen and oxygen atoms in total. The number of hydrogen-bond donors (Lipinski definition) is 0. The van der Waals surface area contributed by atoms with Crippen molar-refractivity contribution in [2.75, 3.05) is 27.3 Å². The van der Waals surface area contributed by atoms with Crippen molar-refractivity contribution in [3.05, 3.63) is 29.1 Å². The molecule has 0 N–H and O–H groups in total. The molecule has 1 aromatic heterocycles. The highest BCUT2D eigenvalue weighted by Crippen LogP contribution is 2.38. The molecular formula is C15H23FN2O. The molecule has 19 heavy (non-hydrogen) atoms. The average molecular weight is 266 g/mol. The first-order valence-corrected chi connectivity index (χ1v) is 6.96. The van der Waals surface area contributed by atoms with Crippen LogP contribution < -0.4 is 0 Å². The third-order valence-corrected chi connectivity index (χ3v) is 3.63. The molecule has 0 bridgehead atoms. The molecule has 2 heterocycles. The predicted molar refractivity (Wildman–Crippen MR) is 73.8 cm³/mol. The van der Waals surface area contributed by atoms with Crippen molar-refractivity contribution in [1.29, 1.82) is 0 Å². The number of aryl methyl sites for hydroxylation is 1. The molecule has 1 aliphatic heterocycles. The number of ether oxygens (including phenoxy) is 1. The lowest BCUT2D eigenvalue weighted by atomic mass is 9.86. The summed E-state index contributed by atoms with van der Waals surface area (Å²) in [6.45, 7) is 3.73. The van der Waals surface area contributed by atoms with Crippen molar-refractivity contribution in [3.8, 4) is 0 Å². The summed E-state index contributed by atoms with van der Waals surface area (Å²) in [7, 11) is 3.97. The van der Waals surface area contributed by atoms with Crippen molar-refractivity contribution >= 4 is 0 Å². The highest BCUT2D eigenvalue weighted by atomic mass is 19.1. The Morgan fingerprint density at radius 1 is 1.32 bits per heavy atom. The Labute approximate surface area is 114 Å². The van der Waals surface area contributed by atoms with Gasteiger partial charge in [-0.2, -0.15) is 0 Å². The van der Waals surface area contributed by atoms with E-state index in [2.05, 4.69) is 11.9 Å². The van der Waals surface area contributed by atoms with Gasteiger partial charge in [0.2, 0.25) is 0 Å². The molecule has 0 atom stereocenters. The van der Waals surface area contributed by atoms with Gasteiger partial charge in [0, 0.05) is 43.9 Å². The van der Waals surface area contributed by atoms with E-state index in [9.17, 15) is 0 Å². The van der Waals surface area contributed by atoms with Gasteiger partial charge in [-0.1, -0.05) is 13.0 Å². The van der Waals surface area contributed by atoms with Gasteiger partial charge in [0.1, 0.15) is 5.67 Å². The number of nitrogens with zero attached hydrogens (tertiary/aromatic N) is 2. The van der Waals surface area contributed by atoms with E-state index < -0.39 is 5.67 Å². The summed E-state index contributed by atoms with van der Waals surface area (Å²) in [4.78, 5) is 6.66. The van der Waals surface area contributed by atoms with Gasteiger partial charge >= 0.3 is 0 Å². The first-order valence-electron chi connectivity index (χ1n) is 6.96. The van der Waals surface area contributed by atoms with Crippen molar-refractivity contribution in [1.82, 2.24) is 9.88 Å². The van der Waals surface area contributed by atoms with Crippen LogP contribution in [0.5, 0.6) is 0 Å². The summed E-state index contributed by atoms with van der Waals surface area (Å²) < 4.78 is 20.4. The fraction of sp³-hybridized carbons (Fsp3) is 0.667. The molecule has 2 rings (SSSR count). The van der Waals surface area contributed by atoms with E-state index in [1.165, 1.54) is 0 Å². The molecule has 1 aromatic rings. The summed E-state index contributed by atoms with van der Waals surface area (Å²) in [5, 5.41) is 0. The van der Waals surface area contributed by atoms with E-state index in [1.807, 2.05) is 31.1 Å². The quantitative estimate of drug-likeness (QED) is 0.838. The zero-order valence-electron chi connectivity index (χ0n) is 12.1. The Balaban J connectivity index is 2.37. The minimum atomic E-state index is -1.27. The minimum Gasteiger partial charge on any atom is -0.381 e. The standard InChI is InChI=1S/C15H23FN2O/c1-4-12-5-6-13(14(17-12)11-18(2)3)15(16)7-9-19-10-8-15/h5-6H,4,7-11H2,1-3H3. The summed E-state index contributed by atoms with van der Waals surface area (Å²) in [5.74, 6) is 0. The highest BCUT2D eigenvalue weighted by molar-refractivity contribution is 5.30. The van der Waals surface area contributed by atoms with Crippen LogP contribution in [0.3, 0.4) is 0 Å². The molecule has 106 valence electrons. The third kappa shape index (κ3) is 3.31. The van der Waals surface area contributed by atoms with E-state index in [0.29, 0.717) is 32.6 Å². The molecule has 0 radical (unpaired) electrons. The molecule has 0 spiro atoms. The number of pyridine rings is 1. The maximum Gasteiger partial charge on any atom is 0.142 e. The van der Waals surface area contributed by atoms with Crippen LogP contribution in [0.4, 0.5) is 4.39 Å². The van der Waals surface area contributed by atoms with Crippen molar-refractivity contribution < 1.29 is 9.13 Å². The number of hydrogen-bond acceptors (Lipinski definition) is 3. The van der Waals surface area contributed by atoms with Gasteiger partial charge in [0.05, 0.1) is 5.69 Å². The van der Waals surface area contributed by atoms with E-state index in [0.717, 1.165) is 23.4 Å². The molecule has 4 heteroatoms. The van der Waals surface area contributed by atoms with Gasteiger partial charge in [0.15, 0.2) is 0 Å². The topological polar surface area (TPSA) is 25.4 Å². The van der Waals surface area contributed by atoms with Crippen molar-refractivity contribution in [3.63, 3.8) is 0 Å². The van der Waals surface area contributed by atoms with Gasteiger partial charge in [-0.25, -0.2) is 4.39 Å². The second-order valence-corrected chi connectivity index (χ2v) is 5.47. The van der Waals surface area contributed by atoms with Crippen LogP contribution in [0, 0.1) is 0 Å². The van der Waals surface area contributed by atoms with Gasteiger partial charge in [-0.3, -0.25) is 4.98 Å².